The molecule has 1 aromatic carbocycles. The Bertz CT molecular complexity index is 612. The van der Waals surface area contributed by atoms with Gasteiger partial charge in [0.05, 0.1) is 5.52 Å². The Morgan fingerprint density at radius 3 is 3.11 bits per heavy atom. The molecule has 3 rings (SSSR count). The van der Waals surface area contributed by atoms with E-state index >= 15 is 0 Å². The van der Waals surface area contributed by atoms with Crippen LogP contribution in [-0.2, 0) is 6.42 Å². The van der Waals surface area contributed by atoms with E-state index in [9.17, 15) is 4.91 Å². The topological polar surface area (TPSA) is 33.0 Å². The van der Waals surface area contributed by atoms with Crippen LogP contribution < -0.4 is 0 Å². The SMILES string of the molecule is O=[N+]1CCCC1Cc1cc(Br)c2ncccc2c1. The number of hydrogen-bond donors (Lipinski definition) is 0. The van der Waals surface area contributed by atoms with Crippen LogP contribution >= 0.6 is 15.9 Å². The number of aromatic nitrogens is 1. The highest BCUT2D eigenvalue weighted by molar-refractivity contribution is 9.10. The standard InChI is InChI=1S/C14H14BrN2O/c15-13-9-10(8-12-4-2-6-17(12)18)7-11-3-1-5-16-14(11)13/h1,3,5,7,9,12H,2,4,6,8H2/q+1. The summed E-state index contributed by atoms with van der Waals surface area (Å²) in [7, 11) is 0. The second-order valence-electron chi connectivity index (χ2n) is 4.79. The number of hydrogen-bond acceptors (Lipinski definition) is 2. The molecule has 0 spiro atoms. The summed E-state index contributed by atoms with van der Waals surface area (Å²) in [5.74, 6) is 0. The third-order valence-electron chi connectivity index (χ3n) is 3.51. The lowest BCUT2D eigenvalue weighted by Crippen LogP contribution is -2.19. The molecule has 0 saturated carbocycles. The molecular formula is C14H14BrN2O+. The molecule has 18 heavy (non-hydrogen) atoms. The lowest BCUT2D eigenvalue weighted by atomic mass is 10.0. The van der Waals surface area contributed by atoms with Gasteiger partial charge in [0.25, 0.3) is 0 Å². The summed E-state index contributed by atoms with van der Waals surface area (Å²) in [6.45, 7) is 0.682. The number of nitrogens with zero attached hydrogens (tertiary/aromatic N) is 2. The van der Waals surface area contributed by atoms with E-state index in [0.717, 1.165) is 34.6 Å². The zero-order valence-electron chi connectivity index (χ0n) is 9.97. The summed E-state index contributed by atoms with van der Waals surface area (Å²) in [6, 6.07) is 8.36. The summed E-state index contributed by atoms with van der Waals surface area (Å²) < 4.78 is 2.23. The fourth-order valence-corrected chi connectivity index (χ4v) is 3.23. The van der Waals surface area contributed by atoms with Gasteiger partial charge < -0.3 is 0 Å². The van der Waals surface area contributed by atoms with Gasteiger partial charge in [-0.3, -0.25) is 4.98 Å². The van der Waals surface area contributed by atoms with Gasteiger partial charge in [0.2, 0.25) is 6.04 Å². The van der Waals surface area contributed by atoms with E-state index in [1.54, 1.807) is 6.20 Å². The highest BCUT2D eigenvalue weighted by Crippen LogP contribution is 2.26. The fraction of sp³-hybridized carbons (Fsp3) is 0.357. The molecule has 92 valence electrons. The predicted molar refractivity (Wildman–Crippen MR) is 74.7 cm³/mol. The van der Waals surface area contributed by atoms with Gasteiger partial charge in [-0.1, -0.05) is 6.07 Å². The molecule has 0 aliphatic carbocycles. The van der Waals surface area contributed by atoms with Gasteiger partial charge in [0.15, 0.2) is 6.54 Å². The first-order chi connectivity index (χ1) is 8.74. The number of pyridine rings is 1. The van der Waals surface area contributed by atoms with Crippen molar-refractivity contribution in [3.8, 4) is 0 Å². The second-order valence-corrected chi connectivity index (χ2v) is 5.65. The first-order valence-corrected chi connectivity index (χ1v) is 7.00. The summed E-state index contributed by atoms with van der Waals surface area (Å²) in [6.07, 6.45) is 4.65. The lowest BCUT2D eigenvalue weighted by molar-refractivity contribution is -0.564. The van der Waals surface area contributed by atoms with Gasteiger partial charge in [-0.25, -0.2) is 0 Å². The average Bonchev–Trinajstić information content (AvgIpc) is 2.75. The minimum atomic E-state index is 0.144. The summed E-state index contributed by atoms with van der Waals surface area (Å²) in [5, 5.41) is 1.12. The molecule has 1 fully saturated rings. The first kappa shape index (κ1) is 11.8. The molecule has 1 atom stereocenters. The molecule has 2 heterocycles. The van der Waals surface area contributed by atoms with Gasteiger partial charge in [0.1, 0.15) is 0 Å². The molecule has 1 saturated heterocycles. The molecule has 0 radical (unpaired) electrons. The van der Waals surface area contributed by atoms with Crippen LogP contribution in [0.15, 0.2) is 34.9 Å². The Kier molecular flexibility index (Phi) is 3.12. The zero-order valence-corrected chi connectivity index (χ0v) is 11.6. The molecule has 2 aromatic rings. The highest BCUT2D eigenvalue weighted by atomic mass is 79.9. The molecule has 4 heteroatoms. The molecule has 0 N–H and O–H groups in total. The first-order valence-electron chi connectivity index (χ1n) is 6.21. The van der Waals surface area contributed by atoms with Crippen molar-refractivity contribution in [2.24, 2.45) is 0 Å². The van der Waals surface area contributed by atoms with Crippen LogP contribution in [0.25, 0.3) is 10.9 Å². The highest BCUT2D eigenvalue weighted by Gasteiger charge is 2.31. The third-order valence-corrected chi connectivity index (χ3v) is 4.12. The van der Waals surface area contributed by atoms with Crippen LogP contribution in [0.3, 0.4) is 0 Å². The predicted octanol–water partition coefficient (Wildman–Crippen LogP) is 3.48. The smallest absolute Gasteiger partial charge is 0.205 e. The minimum Gasteiger partial charge on any atom is -0.255 e. The normalized spacial score (nSPS) is 19.6. The molecule has 1 aliphatic heterocycles. The molecule has 1 aliphatic rings. The Morgan fingerprint density at radius 2 is 2.33 bits per heavy atom. The van der Waals surface area contributed by atoms with Crippen molar-refractivity contribution in [3.05, 3.63) is 45.4 Å². The molecular weight excluding hydrogens is 292 g/mol. The molecule has 0 amide bonds. The van der Waals surface area contributed by atoms with E-state index in [-0.39, 0.29) is 6.04 Å². The van der Waals surface area contributed by atoms with Crippen LogP contribution in [0.2, 0.25) is 0 Å². The van der Waals surface area contributed by atoms with Crippen LogP contribution in [0.5, 0.6) is 0 Å². The Hall–Kier alpha value is -1.29. The van der Waals surface area contributed by atoms with Crippen LogP contribution in [0.4, 0.5) is 0 Å². The maximum atomic E-state index is 11.6. The van der Waals surface area contributed by atoms with Crippen LogP contribution in [0, 0.1) is 4.91 Å². The number of halogens is 1. The van der Waals surface area contributed by atoms with E-state index in [0.29, 0.717) is 6.54 Å². The average molecular weight is 306 g/mol. The second kappa shape index (κ2) is 4.76. The number of rotatable bonds is 2. The Labute approximate surface area is 114 Å². The number of nitroso groups, excluding NO2 is 1. The van der Waals surface area contributed by atoms with Crippen molar-refractivity contribution in [2.45, 2.75) is 25.3 Å². The van der Waals surface area contributed by atoms with Crippen molar-refractivity contribution in [1.82, 2.24) is 4.98 Å². The number of benzene rings is 1. The van der Waals surface area contributed by atoms with Crippen LogP contribution in [0.1, 0.15) is 18.4 Å². The largest absolute Gasteiger partial charge is 0.255 e. The van der Waals surface area contributed by atoms with Crippen LogP contribution in [-0.4, -0.2) is 22.3 Å². The van der Waals surface area contributed by atoms with Gasteiger partial charge in [-0.05, 0) is 39.7 Å². The van der Waals surface area contributed by atoms with E-state index in [1.165, 1.54) is 10.3 Å². The van der Waals surface area contributed by atoms with Gasteiger partial charge in [0, 0.05) is 45.0 Å². The summed E-state index contributed by atoms with van der Waals surface area (Å²) >= 11 is 3.56. The minimum absolute atomic E-state index is 0.144. The van der Waals surface area contributed by atoms with Gasteiger partial charge in [-0.15, -0.1) is 0 Å². The van der Waals surface area contributed by atoms with Crippen molar-refractivity contribution in [3.63, 3.8) is 0 Å². The summed E-state index contributed by atoms with van der Waals surface area (Å²) in [4.78, 5) is 16.0. The van der Waals surface area contributed by atoms with Gasteiger partial charge >= 0.3 is 0 Å². The maximum absolute atomic E-state index is 11.6. The van der Waals surface area contributed by atoms with E-state index < -0.39 is 0 Å². The third kappa shape index (κ3) is 2.17. The molecule has 1 aromatic heterocycles. The van der Waals surface area contributed by atoms with E-state index in [2.05, 4.69) is 39.1 Å². The maximum Gasteiger partial charge on any atom is 0.205 e. The Morgan fingerprint density at radius 1 is 1.44 bits per heavy atom. The molecule has 3 nitrogen and oxygen atoms in total. The number of fused-ring (bicyclic) bond motifs is 1. The fourth-order valence-electron chi connectivity index (χ4n) is 2.61. The molecule has 1 unspecified atom stereocenters. The monoisotopic (exact) mass is 305 g/mol. The van der Waals surface area contributed by atoms with Gasteiger partial charge in [-0.2, -0.15) is 0 Å². The molecule has 0 bridgehead atoms. The zero-order chi connectivity index (χ0) is 12.5. The Balaban J connectivity index is 1.95. The van der Waals surface area contributed by atoms with E-state index in [4.69, 9.17) is 0 Å². The van der Waals surface area contributed by atoms with Crippen molar-refractivity contribution in [2.75, 3.05) is 6.54 Å². The van der Waals surface area contributed by atoms with Crippen molar-refractivity contribution >= 4 is 26.8 Å². The van der Waals surface area contributed by atoms with E-state index in [1.807, 2.05) is 6.07 Å². The summed E-state index contributed by atoms with van der Waals surface area (Å²) in [5.41, 5.74) is 2.18. The lowest BCUT2D eigenvalue weighted by Gasteiger charge is -2.06. The quantitative estimate of drug-likeness (QED) is 0.796. The van der Waals surface area contributed by atoms with Crippen molar-refractivity contribution < 1.29 is 4.76 Å². The van der Waals surface area contributed by atoms with Crippen molar-refractivity contribution in [1.29, 1.82) is 0 Å².